The van der Waals surface area contributed by atoms with Crippen molar-refractivity contribution in [2.75, 3.05) is 0 Å². The molecule has 21 heavy (non-hydrogen) atoms. The molecule has 2 aliphatic rings. The van der Waals surface area contributed by atoms with Crippen LogP contribution in [-0.2, 0) is 0 Å². The summed E-state index contributed by atoms with van der Waals surface area (Å²) in [5.74, 6) is 0.133. The number of nitrogens with two attached hydrogens (primary N) is 1. The standard InChI is InChI=1S/C17H15N3S/c1-10-6-7-15(21-10)16-12-5-3-2-4-11(12)13(8-18)17(20)14(16)9-19/h4,6-7,12H,2-3,5,20H2,1H3. The van der Waals surface area contributed by atoms with Gasteiger partial charge in [0.2, 0.25) is 0 Å². The van der Waals surface area contributed by atoms with Gasteiger partial charge < -0.3 is 5.73 Å². The normalized spacial score (nSPS) is 21.5. The zero-order chi connectivity index (χ0) is 15.0. The number of nitriles is 2. The van der Waals surface area contributed by atoms with Gasteiger partial charge in [-0.25, -0.2) is 0 Å². The maximum atomic E-state index is 9.56. The van der Waals surface area contributed by atoms with Crippen LogP contribution in [0.2, 0.25) is 0 Å². The molecule has 104 valence electrons. The van der Waals surface area contributed by atoms with Gasteiger partial charge in [0.25, 0.3) is 0 Å². The molecule has 0 fully saturated rings. The Morgan fingerprint density at radius 1 is 1.24 bits per heavy atom. The first-order valence-corrected chi connectivity index (χ1v) is 7.80. The Balaban J connectivity index is 2.30. The monoisotopic (exact) mass is 293 g/mol. The minimum atomic E-state index is 0.133. The molecule has 0 bridgehead atoms. The third-order valence-electron chi connectivity index (χ3n) is 4.11. The quantitative estimate of drug-likeness (QED) is 0.855. The molecule has 0 amide bonds. The second-order valence-electron chi connectivity index (χ2n) is 5.35. The Morgan fingerprint density at radius 2 is 2.00 bits per heavy atom. The Hall–Kier alpha value is -2.30. The van der Waals surface area contributed by atoms with Gasteiger partial charge in [0.1, 0.15) is 12.1 Å². The zero-order valence-electron chi connectivity index (χ0n) is 11.8. The average molecular weight is 293 g/mol. The first-order chi connectivity index (χ1) is 10.2. The fourth-order valence-electron chi connectivity index (χ4n) is 3.17. The molecular weight excluding hydrogens is 278 g/mol. The molecule has 0 aliphatic heterocycles. The van der Waals surface area contributed by atoms with Crippen molar-refractivity contribution in [1.29, 1.82) is 10.5 Å². The van der Waals surface area contributed by atoms with E-state index in [9.17, 15) is 10.5 Å². The van der Waals surface area contributed by atoms with Crippen molar-refractivity contribution >= 4 is 16.9 Å². The van der Waals surface area contributed by atoms with Crippen LogP contribution in [0.25, 0.3) is 5.57 Å². The molecular formula is C17H15N3S. The van der Waals surface area contributed by atoms with E-state index in [-0.39, 0.29) is 5.92 Å². The van der Waals surface area contributed by atoms with Gasteiger partial charge in [0.05, 0.1) is 16.8 Å². The van der Waals surface area contributed by atoms with E-state index in [0.717, 1.165) is 35.3 Å². The van der Waals surface area contributed by atoms with Crippen LogP contribution in [0, 0.1) is 35.5 Å². The molecule has 1 aromatic heterocycles. The predicted octanol–water partition coefficient (Wildman–Crippen LogP) is 3.81. The number of fused-ring (bicyclic) bond motifs is 1. The summed E-state index contributed by atoms with van der Waals surface area (Å²) in [6, 6.07) is 8.56. The largest absolute Gasteiger partial charge is 0.397 e. The van der Waals surface area contributed by atoms with Crippen molar-refractivity contribution in [1.82, 2.24) is 0 Å². The van der Waals surface area contributed by atoms with Crippen molar-refractivity contribution in [2.45, 2.75) is 26.2 Å². The van der Waals surface area contributed by atoms with E-state index in [1.807, 2.05) is 0 Å². The lowest BCUT2D eigenvalue weighted by atomic mass is 9.72. The lowest BCUT2D eigenvalue weighted by Crippen LogP contribution is -2.22. The number of nitrogens with zero attached hydrogens (tertiary/aromatic N) is 2. The molecule has 1 aromatic rings. The average Bonchev–Trinajstić information content (AvgIpc) is 2.92. The molecule has 1 unspecified atom stereocenters. The van der Waals surface area contributed by atoms with Crippen LogP contribution in [0.5, 0.6) is 0 Å². The Bertz CT molecular complexity index is 778. The highest BCUT2D eigenvalue weighted by molar-refractivity contribution is 7.13. The molecule has 4 heteroatoms. The van der Waals surface area contributed by atoms with E-state index in [2.05, 4.69) is 37.3 Å². The summed E-state index contributed by atoms with van der Waals surface area (Å²) in [7, 11) is 0. The van der Waals surface area contributed by atoms with Crippen LogP contribution < -0.4 is 5.73 Å². The highest BCUT2D eigenvalue weighted by atomic mass is 32.1. The first-order valence-electron chi connectivity index (χ1n) is 6.99. The smallest absolute Gasteiger partial charge is 0.102 e. The highest BCUT2D eigenvalue weighted by Gasteiger charge is 2.34. The summed E-state index contributed by atoms with van der Waals surface area (Å²) in [6.07, 6.45) is 5.15. The maximum absolute atomic E-state index is 9.56. The lowest BCUT2D eigenvalue weighted by Gasteiger charge is -2.31. The summed E-state index contributed by atoms with van der Waals surface area (Å²) in [5.41, 5.74) is 9.47. The van der Waals surface area contributed by atoms with Crippen LogP contribution in [0.1, 0.15) is 29.0 Å². The van der Waals surface area contributed by atoms with E-state index in [0.29, 0.717) is 16.8 Å². The van der Waals surface area contributed by atoms with Crippen LogP contribution in [0.15, 0.2) is 40.6 Å². The number of aryl methyl sites for hydroxylation is 1. The van der Waals surface area contributed by atoms with E-state index in [1.54, 1.807) is 11.3 Å². The van der Waals surface area contributed by atoms with Crippen LogP contribution in [0.3, 0.4) is 0 Å². The molecule has 0 aromatic carbocycles. The fraction of sp³-hybridized carbons (Fsp3) is 0.294. The molecule has 0 saturated heterocycles. The molecule has 3 nitrogen and oxygen atoms in total. The minimum absolute atomic E-state index is 0.133. The summed E-state index contributed by atoms with van der Waals surface area (Å²) in [6.45, 7) is 2.06. The number of hydrogen-bond donors (Lipinski definition) is 1. The molecule has 1 heterocycles. The van der Waals surface area contributed by atoms with Crippen LogP contribution >= 0.6 is 11.3 Å². The zero-order valence-corrected chi connectivity index (χ0v) is 12.6. The number of rotatable bonds is 1. The SMILES string of the molecule is Cc1ccc(C2=C(C#N)C(N)=C(C#N)C3=CCCCC32)s1. The number of hydrogen-bond acceptors (Lipinski definition) is 4. The summed E-state index contributed by atoms with van der Waals surface area (Å²) in [5, 5.41) is 19.0. The minimum Gasteiger partial charge on any atom is -0.397 e. The first kappa shape index (κ1) is 13.7. The van der Waals surface area contributed by atoms with E-state index >= 15 is 0 Å². The molecule has 0 spiro atoms. The molecule has 2 aliphatic carbocycles. The van der Waals surface area contributed by atoms with Crippen molar-refractivity contribution in [3.8, 4) is 12.1 Å². The number of allylic oxidation sites excluding steroid dienone is 5. The second kappa shape index (κ2) is 5.24. The van der Waals surface area contributed by atoms with Gasteiger partial charge >= 0.3 is 0 Å². The van der Waals surface area contributed by atoms with Crippen LogP contribution in [0.4, 0.5) is 0 Å². The van der Waals surface area contributed by atoms with E-state index in [1.165, 1.54) is 4.88 Å². The third kappa shape index (κ3) is 2.09. The Kier molecular flexibility index (Phi) is 3.41. The van der Waals surface area contributed by atoms with Crippen molar-refractivity contribution in [2.24, 2.45) is 11.7 Å². The summed E-state index contributed by atoms with van der Waals surface area (Å²) < 4.78 is 0. The maximum Gasteiger partial charge on any atom is 0.102 e. The third-order valence-corrected chi connectivity index (χ3v) is 5.15. The fourth-order valence-corrected chi connectivity index (χ4v) is 4.15. The van der Waals surface area contributed by atoms with Gasteiger partial charge in [0.15, 0.2) is 0 Å². The van der Waals surface area contributed by atoms with Gasteiger partial charge in [0, 0.05) is 15.7 Å². The molecule has 1 atom stereocenters. The van der Waals surface area contributed by atoms with Crippen molar-refractivity contribution < 1.29 is 0 Å². The molecule has 0 radical (unpaired) electrons. The van der Waals surface area contributed by atoms with E-state index in [4.69, 9.17) is 5.73 Å². The van der Waals surface area contributed by atoms with E-state index < -0.39 is 0 Å². The molecule has 0 saturated carbocycles. The second-order valence-corrected chi connectivity index (χ2v) is 6.64. The van der Waals surface area contributed by atoms with Gasteiger partial charge in [-0.3, -0.25) is 0 Å². The summed E-state index contributed by atoms with van der Waals surface area (Å²) in [4.78, 5) is 2.31. The lowest BCUT2D eigenvalue weighted by molar-refractivity contribution is 0.613. The number of thiophene rings is 1. The topological polar surface area (TPSA) is 73.6 Å². The van der Waals surface area contributed by atoms with Crippen molar-refractivity contribution in [3.05, 3.63) is 50.4 Å². The van der Waals surface area contributed by atoms with Gasteiger partial charge in [-0.05, 0) is 49.5 Å². The van der Waals surface area contributed by atoms with Gasteiger partial charge in [-0.15, -0.1) is 11.3 Å². The van der Waals surface area contributed by atoms with Gasteiger partial charge in [-0.1, -0.05) is 6.08 Å². The highest BCUT2D eigenvalue weighted by Crippen LogP contribution is 2.47. The molecule has 2 N–H and O–H groups in total. The van der Waals surface area contributed by atoms with Crippen molar-refractivity contribution in [3.63, 3.8) is 0 Å². The Morgan fingerprint density at radius 3 is 2.62 bits per heavy atom. The van der Waals surface area contributed by atoms with Crippen LogP contribution in [-0.4, -0.2) is 0 Å². The Labute approximate surface area is 128 Å². The van der Waals surface area contributed by atoms with Gasteiger partial charge in [-0.2, -0.15) is 10.5 Å². The summed E-state index contributed by atoms with van der Waals surface area (Å²) >= 11 is 1.68. The predicted molar refractivity (Wildman–Crippen MR) is 83.8 cm³/mol. The molecule has 3 rings (SSSR count).